The van der Waals surface area contributed by atoms with Gasteiger partial charge in [0.15, 0.2) is 0 Å². The molecule has 0 saturated heterocycles. The predicted molar refractivity (Wildman–Crippen MR) is 561 cm³/mol. The Bertz CT molecular complexity index is 8100. The van der Waals surface area contributed by atoms with E-state index in [0.717, 1.165) is 68.1 Å². The molecule has 26 rings (SSSR count). The van der Waals surface area contributed by atoms with Gasteiger partial charge in [0.05, 0.1) is 16.3 Å². The van der Waals surface area contributed by atoms with Crippen LogP contribution < -0.4 is 26.2 Å². The average Bonchev–Trinajstić information content (AvgIpc) is 1.50. The highest BCUT2D eigenvalue weighted by Crippen LogP contribution is 2.65. The molecule has 3 aliphatic carbocycles. The SMILES string of the molecule is c1ccc(N(c2ccccc2)c2cccc(C3(c4ccccc4)c4ccccc4-c4ccc(Nc5cccc6ccccc56)cc43)c2)cc1.c1ccc(Nc2ccc(-c3cccnc3)cc2)cc1.c1ccc(Nc2ccc3c(ccn3-c3ccccc3)c2)cc1.c1ccc2c(c1)-c1ccccc1C21c2cc(Nc3ccc4sc5ccccc5c4c3)ccc2-c2c1ccc1ccccc21. The number of thiophene rings is 1. The van der Waals surface area contributed by atoms with Crippen LogP contribution in [0.5, 0.6) is 0 Å². The molecule has 0 radical (unpaired) electrons. The third-order valence-corrected chi connectivity index (χ3v) is 27.4. The van der Waals surface area contributed by atoms with Gasteiger partial charge >= 0.3 is 0 Å². The molecule has 0 saturated carbocycles. The lowest BCUT2D eigenvalue weighted by molar-refractivity contribution is 0.768. The van der Waals surface area contributed by atoms with Gasteiger partial charge in [0.1, 0.15) is 0 Å². The van der Waals surface area contributed by atoms with Crippen molar-refractivity contribution in [1.29, 1.82) is 0 Å². The summed E-state index contributed by atoms with van der Waals surface area (Å²) in [6, 6.07) is 178. The van der Waals surface area contributed by atoms with E-state index in [0.29, 0.717) is 0 Å². The van der Waals surface area contributed by atoms with Crippen molar-refractivity contribution in [3.63, 3.8) is 0 Å². The summed E-state index contributed by atoms with van der Waals surface area (Å²) in [5, 5.41) is 23.3. The molecular formula is C125H89N7S. The summed E-state index contributed by atoms with van der Waals surface area (Å²) in [4.78, 5) is 6.49. The Morgan fingerprint density at radius 1 is 0.248 bits per heavy atom. The van der Waals surface area contributed by atoms with E-state index in [1.165, 1.54) is 142 Å². The Hall–Kier alpha value is -17.2. The van der Waals surface area contributed by atoms with Crippen LogP contribution in [-0.2, 0) is 10.8 Å². The Labute approximate surface area is 778 Å². The van der Waals surface area contributed by atoms with Crippen molar-refractivity contribution in [1.82, 2.24) is 9.55 Å². The van der Waals surface area contributed by atoms with Crippen LogP contribution >= 0.6 is 11.3 Å². The Morgan fingerprint density at radius 3 is 1.38 bits per heavy atom. The van der Waals surface area contributed by atoms with Crippen molar-refractivity contribution in [2.75, 3.05) is 26.2 Å². The third kappa shape index (κ3) is 14.9. The predicted octanol–water partition coefficient (Wildman–Crippen LogP) is 33.6. The minimum Gasteiger partial charge on any atom is -0.356 e. The standard InChI is InChI=1S/C47H34N2.C41H25NS.C20H16N2.C17H14N2/c1-4-18-35(19-5-1)47(36-20-15-25-40(32-36)49(38-21-6-2-7-22-38)39-23-8-3-9-24-39)44-28-13-12-27-42(44)43-31-30-37(33-45(43)47)48-46-29-14-17-34-16-10-11-26-41(34)46;1-2-10-28-25(9-1)17-21-36-40(28)32-20-18-27(42-26-19-22-39-33(23-26)31-13-5-8-16-38(31)43-39)24-37(32)41(36)34-14-6-3-11-29(34)30-12-4-7-15-35(30)41;1-3-7-17(8-4-1)21-18-11-12-20-16(15-18)13-14-22(20)19-9-5-2-6-10-19;1-2-6-16(7-3-1)19-17-10-8-14(9-11-17)15-5-4-12-18-13-15/h1-33,48H;1-24,42H;1-15,21H;1-13,19H. The molecule has 0 bridgehead atoms. The fraction of sp³-hybridized carbons (Fsp3) is 0.0160. The summed E-state index contributed by atoms with van der Waals surface area (Å²) in [7, 11) is 0. The molecular weight excluding hydrogens is 1630 g/mol. The highest BCUT2D eigenvalue weighted by Gasteiger charge is 2.52. The number of para-hydroxylation sites is 5. The lowest BCUT2D eigenvalue weighted by Gasteiger charge is -2.35. The van der Waals surface area contributed by atoms with Crippen LogP contribution in [0.2, 0.25) is 0 Å². The molecule has 8 heteroatoms. The summed E-state index contributed by atoms with van der Waals surface area (Å²) in [6.45, 7) is 0. The van der Waals surface area contributed by atoms with Crippen LogP contribution in [-0.4, -0.2) is 9.55 Å². The molecule has 7 nitrogen and oxygen atoms in total. The van der Waals surface area contributed by atoms with Gasteiger partial charge in [-0.3, -0.25) is 4.98 Å². The van der Waals surface area contributed by atoms with Crippen LogP contribution in [0, 0.1) is 0 Å². The Balaban J connectivity index is 0.000000108. The van der Waals surface area contributed by atoms with Crippen molar-refractivity contribution >= 4 is 127 Å². The second-order valence-corrected chi connectivity index (χ2v) is 35.1. The minimum atomic E-state index is -0.543. The van der Waals surface area contributed by atoms with Crippen LogP contribution in [0.1, 0.15) is 44.5 Å². The highest BCUT2D eigenvalue weighted by atomic mass is 32.1. The number of benzene rings is 20. The maximum atomic E-state index is 4.14. The number of nitrogens with one attached hydrogen (secondary N) is 4. The first-order valence-electron chi connectivity index (χ1n) is 45.3. The van der Waals surface area contributed by atoms with Crippen LogP contribution in [0.15, 0.2) is 516 Å². The van der Waals surface area contributed by atoms with Gasteiger partial charge in [-0.15, -0.1) is 11.3 Å². The third-order valence-electron chi connectivity index (χ3n) is 26.3. The molecule has 0 aliphatic heterocycles. The second-order valence-electron chi connectivity index (χ2n) is 34.0. The molecule has 0 fully saturated rings. The van der Waals surface area contributed by atoms with Gasteiger partial charge < -0.3 is 30.7 Å². The first-order valence-corrected chi connectivity index (χ1v) is 46.2. The van der Waals surface area contributed by atoms with Crippen LogP contribution in [0.25, 0.3) is 103 Å². The lowest BCUT2D eigenvalue weighted by atomic mass is 9.67. The molecule has 23 aromatic rings. The van der Waals surface area contributed by atoms with Crippen molar-refractivity contribution < 1.29 is 0 Å². The zero-order valence-corrected chi connectivity index (χ0v) is 73.6. The van der Waals surface area contributed by atoms with Gasteiger partial charge in [0.2, 0.25) is 0 Å². The number of pyridine rings is 1. The number of aromatic nitrogens is 2. The van der Waals surface area contributed by atoms with E-state index in [2.05, 4.69) is 491 Å². The molecule has 0 amide bonds. The molecule has 1 atom stereocenters. The topological polar surface area (TPSA) is 69.2 Å². The van der Waals surface area contributed by atoms with Gasteiger partial charge in [-0.25, -0.2) is 0 Å². The first kappa shape index (κ1) is 80.4. The van der Waals surface area contributed by atoms with Gasteiger partial charge in [-0.05, 0) is 275 Å². The van der Waals surface area contributed by atoms with E-state index in [9.17, 15) is 0 Å². The quantitative estimate of drug-likeness (QED) is 0.0820. The number of rotatable bonds is 15. The summed E-state index contributed by atoms with van der Waals surface area (Å²) in [5.41, 5.74) is 34.3. The minimum absolute atomic E-state index is 0.368. The zero-order chi connectivity index (χ0) is 88.4. The molecule has 630 valence electrons. The van der Waals surface area contributed by atoms with Crippen molar-refractivity contribution in [3.05, 3.63) is 561 Å². The van der Waals surface area contributed by atoms with E-state index < -0.39 is 5.41 Å². The Kier molecular flexibility index (Phi) is 21.2. The normalized spacial score (nSPS) is 13.1. The van der Waals surface area contributed by atoms with Gasteiger partial charge in [-0.1, -0.05) is 328 Å². The molecule has 4 N–H and O–H groups in total. The summed E-state index contributed by atoms with van der Waals surface area (Å²) in [5.74, 6) is 0. The first-order chi connectivity index (χ1) is 65.9. The molecule has 20 aromatic carbocycles. The lowest BCUT2D eigenvalue weighted by Crippen LogP contribution is -2.29. The monoisotopic (exact) mass is 1720 g/mol. The number of anilines is 11. The van der Waals surface area contributed by atoms with Gasteiger partial charge in [-0.2, -0.15) is 0 Å². The Morgan fingerprint density at radius 2 is 0.714 bits per heavy atom. The molecule has 3 heterocycles. The van der Waals surface area contributed by atoms with Crippen LogP contribution in [0.4, 0.5) is 62.6 Å². The molecule has 3 aliphatic rings. The fourth-order valence-corrected chi connectivity index (χ4v) is 21.5. The molecule has 1 unspecified atom stereocenters. The number of hydrogen-bond donors (Lipinski definition) is 4. The maximum Gasteiger partial charge on any atom is 0.0726 e. The summed E-state index contributed by atoms with van der Waals surface area (Å²) < 4.78 is 4.86. The highest BCUT2D eigenvalue weighted by molar-refractivity contribution is 7.25. The number of fused-ring (bicyclic) bond motifs is 20. The van der Waals surface area contributed by atoms with Crippen molar-refractivity contribution in [3.8, 4) is 50.2 Å². The fourth-order valence-electron chi connectivity index (χ4n) is 20.4. The largest absolute Gasteiger partial charge is 0.356 e. The second kappa shape index (κ2) is 35.1. The van der Waals surface area contributed by atoms with E-state index >= 15 is 0 Å². The van der Waals surface area contributed by atoms with E-state index in [4.69, 9.17) is 0 Å². The zero-order valence-electron chi connectivity index (χ0n) is 72.8. The van der Waals surface area contributed by atoms with E-state index in [1.54, 1.807) is 6.20 Å². The molecule has 133 heavy (non-hydrogen) atoms. The van der Waals surface area contributed by atoms with Crippen LogP contribution in [0.3, 0.4) is 0 Å². The molecule has 1 spiro atoms. The average molecular weight is 1720 g/mol. The summed E-state index contributed by atoms with van der Waals surface area (Å²) >= 11 is 1.86. The van der Waals surface area contributed by atoms with E-state index in [-0.39, 0.29) is 5.41 Å². The number of nitrogens with zero attached hydrogens (tertiary/aromatic N) is 3. The maximum absolute atomic E-state index is 4.14. The van der Waals surface area contributed by atoms with Gasteiger partial charge in [0.25, 0.3) is 0 Å². The van der Waals surface area contributed by atoms with Crippen molar-refractivity contribution in [2.24, 2.45) is 0 Å². The summed E-state index contributed by atoms with van der Waals surface area (Å²) in [6.07, 6.45) is 5.78. The smallest absolute Gasteiger partial charge is 0.0726 e. The number of hydrogen-bond acceptors (Lipinski definition) is 7. The van der Waals surface area contributed by atoms with E-state index in [1.807, 2.05) is 66.1 Å². The van der Waals surface area contributed by atoms with Gasteiger partial charge in [0, 0.05) is 118 Å². The molecule has 3 aromatic heterocycles. The van der Waals surface area contributed by atoms with Crippen molar-refractivity contribution in [2.45, 2.75) is 10.8 Å².